The fourth-order valence-corrected chi connectivity index (χ4v) is 4.08. The first kappa shape index (κ1) is 27.1. The summed E-state index contributed by atoms with van der Waals surface area (Å²) in [7, 11) is -6.09. The Labute approximate surface area is 178 Å². The lowest BCUT2D eigenvalue weighted by atomic mass is 10.3. The molecule has 0 fully saturated rings. The molecule has 0 unspecified atom stereocenters. The Balaban J connectivity index is 0.000000512. The minimum absolute atomic E-state index is 0.196. The number of ether oxygens (including phenoxy) is 2. The van der Waals surface area contributed by atoms with Crippen molar-refractivity contribution >= 4 is 10.1 Å². The number of benzene rings is 2. The average molecular weight is 598 g/mol. The number of halogens is 10. The molecule has 0 spiro atoms. The van der Waals surface area contributed by atoms with Crippen molar-refractivity contribution in [2.75, 3.05) is 0 Å². The van der Waals surface area contributed by atoms with Gasteiger partial charge in [-0.3, -0.25) is 0 Å². The number of hydrogen-bond donors (Lipinski definition) is 0. The van der Waals surface area contributed by atoms with Crippen molar-refractivity contribution in [2.24, 2.45) is 0 Å². The van der Waals surface area contributed by atoms with Crippen LogP contribution in [0.5, 0.6) is 11.5 Å². The van der Waals surface area contributed by atoms with E-state index in [2.05, 4.69) is 9.47 Å². The molecule has 0 aliphatic carbocycles. The standard InChI is InChI=1S/C14H8F6IO2.CHF3O3S/c15-13(16,17)22-11-7-3-1-5-9(11)21-10-6-2-4-8-12(10)23-14(18,19)20;2-1(3,4)8(5,6)7/h1-8H;(H,5,6,7)/q+1;/p-1. The molecule has 0 aliphatic heterocycles. The van der Waals surface area contributed by atoms with Crippen LogP contribution in [0.1, 0.15) is 0 Å². The van der Waals surface area contributed by atoms with Crippen molar-refractivity contribution in [3.05, 3.63) is 55.7 Å². The van der Waals surface area contributed by atoms with Gasteiger partial charge in [0.1, 0.15) is 0 Å². The van der Waals surface area contributed by atoms with Crippen LogP contribution in [0.3, 0.4) is 0 Å². The summed E-state index contributed by atoms with van der Waals surface area (Å²) in [6.07, 6.45) is -9.75. The third kappa shape index (κ3) is 10.3. The molecule has 0 aromatic heterocycles. The third-order valence-electron chi connectivity index (χ3n) is 2.61. The second kappa shape index (κ2) is 10.1. The van der Waals surface area contributed by atoms with E-state index >= 15 is 0 Å². The van der Waals surface area contributed by atoms with Crippen LogP contribution < -0.4 is 30.7 Å². The van der Waals surface area contributed by atoms with Crippen molar-refractivity contribution in [3.8, 4) is 11.5 Å². The molecule has 0 radical (unpaired) electrons. The largest absolute Gasteiger partial charge is 0.741 e. The molecule has 0 amide bonds. The van der Waals surface area contributed by atoms with Crippen molar-refractivity contribution in [1.29, 1.82) is 0 Å². The van der Waals surface area contributed by atoms with Crippen molar-refractivity contribution in [1.82, 2.24) is 0 Å². The summed E-state index contributed by atoms with van der Waals surface area (Å²) in [6, 6.07) is 10.7. The van der Waals surface area contributed by atoms with Crippen LogP contribution in [0.15, 0.2) is 48.5 Å². The quantitative estimate of drug-likeness (QED) is 0.232. The van der Waals surface area contributed by atoms with Crippen LogP contribution in [0, 0.1) is 7.14 Å². The molecular formula is C15H8F9IO5S. The van der Waals surface area contributed by atoms with Crippen LogP contribution in [-0.4, -0.2) is 31.2 Å². The summed E-state index contributed by atoms with van der Waals surface area (Å²) in [5.41, 5.74) is -5.65. The van der Waals surface area contributed by atoms with E-state index in [0.717, 1.165) is 12.1 Å². The molecule has 0 bridgehead atoms. The highest BCUT2D eigenvalue weighted by Gasteiger charge is 2.38. The predicted octanol–water partition coefficient (Wildman–Crippen LogP) is 1.66. The molecule has 0 atom stereocenters. The molecule has 174 valence electrons. The minimum Gasteiger partial charge on any atom is -0.741 e. The average Bonchev–Trinajstić information content (AvgIpc) is 2.54. The molecule has 2 aromatic carbocycles. The van der Waals surface area contributed by atoms with Gasteiger partial charge >= 0.3 is 39.4 Å². The zero-order chi connectivity index (χ0) is 24.1. The van der Waals surface area contributed by atoms with E-state index in [0.29, 0.717) is 0 Å². The lowest BCUT2D eigenvalue weighted by Crippen LogP contribution is -3.61. The summed E-state index contributed by atoms with van der Waals surface area (Å²) in [4.78, 5) is 0. The Morgan fingerprint density at radius 3 is 1.23 bits per heavy atom. The maximum atomic E-state index is 12.4. The summed E-state index contributed by atoms with van der Waals surface area (Å²) in [5.74, 6) is -0.843. The fraction of sp³-hybridized carbons (Fsp3) is 0.200. The van der Waals surface area contributed by atoms with E-state index in [4.69, 9.17) is 13.0 Å². The zero-order valence-electron chi connectivity index (χ0n) is 14.3. The van der Waals surface area contributed by atoms with Crippen molar-refractivity contribution in [3.63, 3.8) is 0 Å². The van der Waals surface area contributed by atoms with Gasteiger partial charge in [0.05, 0.1) is 0 Å². The summed E-state index contributed by atoms with van der Waals surface area (Å²) >= 11 is -1.37. The van der Waals surface area contributed by atoms with Gasteiger partial charge in [-0.1, -0.05) is 24.3 Å². The Hall–Kier alpha value is -1.95. The van der Waals surface area contributed by atoms with Crippen molar-refractivity contribution in [2.45, 2.75) is 18.2 Å². The van der Waals surface area contributed by atoms with Gasteiger partial charge in [0.2, 0.25) is 7.14 Å². The molecule has 0 aliphatic rings. The van der Waals surface area contributed by atoms with E-state index in [9.17, 15) is 39.5 Å². The molecule has 2 rings (SSSR count). The first-order valence-electron chi connectivity index (χ1n) is 7.25. The maximum Gasteiger partial charge on any atom is 0.573 e. The van der Waals surface area contributed by atoms with Crippen LogP contribution >= 0.6 is 0 Å². The first-order valence-corrected chi connectivity index (χ1v) is 10.8. The van der Waals surface area contributed by atoms with E-state index < -0.39 is 61.1 Å². The lowest BCUT2D eigenvalue weighted by Gasteiger charge is -2.09. The van der Waals surface area contributed by atoms with Gasteiger partial charge in [-0.15, -0.1) is 26.3 Å². The normalized spacial score (nSPS) is 12.6. The van der Waals surface area contributed by atoms with E-state index in [-0.39, 0.29) is 7.14 Å². The molecule has 5 nitrogen and oxygen atoms in total. The molecule has 0 saturated heterocycles. The molecule has 0 saturated carbocycles. The maximum absolute atomic E-state index is 12.4. The van der Waals surface area contributed by atoms with Crippen molar-refractivity contribution < 1.29 is 83.2 Å². The second-order valence-electron chi connectivity index (χ2n) is 4.95. The van der Waals surface area contributed by atoms with E-state index in [1.807, 2.05) is 0 Å². The van der Waals surface area contributed by atoms with Gasteiger partial charge in [0.15, 0.2) is 21.6 Å². The van der Waals surface area contributed by atoms with Crippen LogP contribution in [0.4, 0.5) is 39.5 Å². The smallest absolute Gasteiger partial charge is 0.573 e. The molecule has 2 aromatic rings. The minimum atomic E-state index is -6.09. The Morgan fingerprint density at radius 1 is 0.677 bits per heavy atom. The molecule has 31 heavy (non-hydrogen) atoms. The first-order chi connectivity index (χ1) is 13.9. The predicted molar refractivity (Wildman–Crippen MR) is 79.4 cm³/mol. The second-order valence-corrected chi connectivity index (χ2v) is 9.19. The Morgan fingerprint density at radius 2 is 0.968 bits per heavy atom. The topological polar surface area (TPSA) is 75.7 Å². The summed E-state index contributed by atoms with van der Waals surface area (Å²) in [5, 5.41) is 0. The van der Waals surface area contributed by atoms with Gasteiger partial charge in [-0.2, -0.15) is 13.2 Å². The zero-order valence-corrected chi connectivity index (χ0v) is 17.3. The molecule has 0 N–H and O–H groups in total. The SMILES string of the molecule is FC(F)(F)Oc1ccccc1[I+]c1ccccc1OC(F)(F)F.O=S(=O)([O-])C(F)(F)F. The third-order valence-corrected chi connectivity index (χ3v) is 6.12. The van der Waals surface area contributed by atoms with E-state index in [1.54, 1.807) is 0 Å². The number of hydrogen-bond acceptors (Lipinski definition) is 5. The van der Waals surface area contributed by atoms with Crippen LogP contribution in [-0.2, 0) is 10.1 Å². The summed E-state index contributed by atoms with van der Waals surface area (Å²) in [6.45, 7) is 0. The van der Waals surface area contributed by atoms with Crippen LogP contribution in [0.2, 0.25) is 0 Å². The highest BCUT2D eigenvalue weighted by Crippen LogP contribution is 2.24. The van der Waals surface area contributed by atoms with Gasteiger partial charge in [0.25, 0.3) is 0 Å². The number of para-hydroxylation sites is 2. The monoisotopic (exact) mass is 598 g/mol. The van der Waals surface area contributed by atoms with Gasteiger partial charge in [-0.05, 0) is 24.3 Å². The molecule has 0 heterocycles. The van der Waals surface area contributed by atoms with E-state index in [1.165, 1.54) is 36.4 Å². The molecule has 16 heteroatoms. The van der Waals surface area contributed by atoms with Gasteiger partial charge < -0.3 is 14.0 Å². The fourth-order valence-electron chi connectivity index (χ4n) is 1.57. The number of alkyl halides is 9. The Bertz CT molecular complexity index is 914. The molecular weight excluding hydrogens is 590 g/mol. The Kier molecular flexibility index (Phi) is 8.84. The van der Waals surface area contributed by atoms with Gasteiger partial charge in [0, 0.05) is 0 Å². The summed E-state index contributed by atoms with van der Waals surface area (Å²) < 4.78 is 141. The highest BCUT2D eigenvalue weighted by molar-refractivity contribution is 7.86. The van der Waals surface area contributed by atoms with Crippen LogP contribution in [0.25, 0.3) is 0 Å². The highest BCUT2D eigenvalue weighted by atomic mass is 127. The number of rotatable bonds is 4. The van der Waals surface area contributed by atoms with Gasteiger partial charge in [-0.25, -0.2) is 8.42 Å². The lowest BCUT2D eigenvalue weighted by molar-refractivity contribution is -0.600.